The first kappa shape index (κ1) is 14.5. The number of hydrogen-bond donors (Lipinski definition) is 2. The van der Waals surface area contributed by atoms with Crippen LogP contribution in [0.15, 0.2) is 41.5 Å². The number of H-pyrrole nitrogens is 1. The number of amides is 1. The molecule has 0 fully saturated rings. The molecule has 0 aliphatic heterocycles. The molecule has 0 atom stereocenters. The van der Waals surface area contributed by atoms with Gasteiger partial charge in [0.05, 0.1) is 18.4 Å². The van der Waals surface area contributed by atoms with Gasteiger partial charge < -0.3 is 15.0 Å². The van der Waals surface area contributed by atoms with Gasteiger partial charge in [-0.05, 0) is 19.1 Å². The fraction of sp³-hybridized carbons (Fsp3) is 0.133. The predicted molar refractivity (Wildman–Crippen MR) is 77.5 cm³/mol. The molecular weight excluding hydrogens is 272 g/mol. The van der Waals surface area contributed by atoms with Crippen molar-refractivity contribution in [3.05, 3.63) is 63.6 Å². The Morgan fingerprint density at radius 1 is 1.19 bits per heavy atom. The standard InChI is InChI=1S/C15H14N2O4/c1-9-3-4-12(10(7-9)15(20)21-2)17-14(19)11-8-16-6-5-13(11)18/h3-8H,1-2H3,(H,16,18)(H,17,19). The maximum atomic E-state index is 12.1. The van der Waals surface area contributed by atoms with Crippen LogP contribution in [0.3, 0.4) is 0 Å². The number of rotatable bonds is 3. The number of aromatic nitrogens is 1. The number of benzene rings is 1. The van der Waals surface area contributed by atoms with Gasteiger partial charge in [0.1, 0.15) is 5.56 Å². The van der Waals surface area contributed by atoms with E-state index in [1.165, 1.54) is 25.6 Å². The summed E-state index contributed by atoms with van der Waals surface area (Å²) >= 11 is 0. The van der Waals surface area contributed by atoms with Crippen LogP contribution in [0.2, 0.25) is 0 Å². The van der Waals surface area contributed by atoms with Gasteiger partial charge in [0, 0.05) is 18.5 Å². The maximum Gasteiger partial charge on any atom is 0.339 e. The molecule has 2 N–H and O–H groups in total. The van der Waals surface area contributed by atoms with E-state index in [-0.39, 0.29) is 11.1 Å². The molecule has 0 bridgehead atoms. The predicted octanol–water partition coefficient (Wildman–Crippen LogP) is 1.72. The summed E-state index contributed by atoms with van der Waals surface area (Å²) in [5, 5.41) is 2.55. The number of carbonyl (C=O) groups excluding carboxylic acids is 2. The number of nitrogens with one attached hydrogen (secondary N) is 2. The fourth-order valence-electron chi connectivity index (χ4n) is 1.83. The van der Waals surface area contributed by atoms with Crippen LogP contribution in [0.1, 0.15) is 26.3 Å². The van der Waals surface area contributed by atoms with Crippen LogP contribution in [0.25, 0.3) is 0 Å². The third-order valence-corrected chi connectivity index (χ3v) is 2.90. The quantitative estimate of drug-likeness (QED) is 0.841. The maximum absolute atomic E-state index is 12.1. The summed E-state index contributed by atoms with van der Waals surface area (Å²) in [6.07, 6.45) is 2.74. The molecule has 2 rings (SSSR count). The summed E-state index contributed by atoms with van der Waals surface area (Å²) in [6, 6.07) is 6.20. The highest BCUT2D eigenvalue weighted by Gasteiger charge is 2.16. The first-order valence-corrected chi connectivity index (χ1v) is 6.20. The van der Waals surface area contributed by atoms with E-state index in [9.17, 15) is 14.4 Å². The monoisotopic (exact) mass is 286 g/mol. The van der Waals surface area contributed by atoms with E-state index in [0.717, 1.165) is 5.56 Å². The van der Waals surface area contributed by atoms with Gasteiger partial charge in [0.15, 0.2) is 5.43 Å². The SMILES string of the molecule is COC(=O)c1cc(C)ccc1NC(=O)c1c[nH]ccc1=O. The minimum absolute atomic E-state index is 0.0334. The van der Waals surface area contributed by atoms with Crippen molar-refractivity contribution in [3.63, 3.8) is 0 Å². The van der Waals surface area contributed by atoms with E-state index in [0.29, 0.717) is 5.69 Å². The molecule has 1 aromatic heterocycles. The zero-order valence-corrected chi connectivity index (χ0v) is 11.6. The highest BCUT2D eigenvalue weighted by Crippen LogP contribution is 2.19. The summed E-state index contributed by atoms with van der Waals surface area (Å²) < 4.78 is 4.68. The van der Waals surface area contributed by atoms with Crippen LogP contribution in [0, 0.1) is 6.92 Å². The third kappa shape index (κ3) is 3.17. The van der Waals surface area contributed by atoms with Crippen molar-refractivity contribution >= 4 is 17.6 Å². The average molecular weight is 286 g/mol. The Labute approximate surface area is 120 Å². The molecule has 6 heteroatoms. The first-order valence-electron chi connectivity index (χ1n) is 6.20. The molecule has 6 nitrogen and oxygen atoms in total. The highest BCUT2D eigenvalue weighted by molar-refractivity contribution is 6.07. The Morgan fingerprint density at radius 2 is 1.95 bits per heavy atom. The molecule has 21 heavy (non-hydrogen) atoms. The number of hydrogen-bond acceptors (Lipinski definition) is 4. The van der Waals surface area contributed by atoms with E-state index in [1.807, 2.05) is 6.92 Å². The molecule has 0 saturated carbocycles. The van der Waals surface area contributed by atoms with E-state index >= 15 is 0 Å². The van der Waals surface area contributed by atoms with Crippen molar-refractivity contribution < 1.29 is 14.3 Å². The summed E-state index contributed by atoms with van der Waals surface area (Å²) in [7, 11) is 1.26. The molecule has 1 amide bonds. The number of carbonyl (C=O) groups is 2. The zero-order chi connectivity index (χ0) is 15.4. The Kier molecular flexibility index (Phi) is 4.18. The molecule has 0 radical (unpaired) electrons. The lowest BCUT2D eigenvalue weighted by atomic mass is 10.1. The van der Waals surface area contributed by atoms with E-state index < -0.39 is 17.3 Å². The average Bonchev–Trinajstić information content (AvgIpc) is 2.48. The second-order valence-electron chi connectivity index (χ2n) is 4.42. The lowest BCUT2D eigenvalue weighted by Gasteiger charge is -2.10. The van der Waals surface area contributed by atoms with Crippen molar-refractivity contribution in [1.82, 2.24) is 4.98 Å². The van der Waals surface area contributed by atoms with Crippen molar-refractivity contribution in [2.45, 2.75) is 6.92 Å². The van der Waals surface area contributed by atoms with Gasteiger partial charge in [-0.15, -0.1) is 0 Å². The molecule has 108 valence electrons. The third-order valence-electron chi connectivity index (χ3n) is 2.90. The molecule has 0 saturated heterocycles. The van der Waals surface area contributed by atoms with Gasteiger partial charge >= 0.3 is 5.97 Å². The second kappa shape index (κ2) is 6.04. The first-order chi connectivity index (χ1) is 10.0. The van der Waals surface area contributed by atoms with Crippen molar-refractivity contribution in [3.8, 4) is 0 Å². The number of pyridine rings is 1. The number of esters is 1. The Morgan fingerprint density at radius 3 is 2.62 bits per heavy atom. The number of aromatic amines is 1. The van der Waals surface area contributed by atoms with Gasteiger partial charge in [-0.3, -0.25) is 9.59 Å². The van der Waals surface area contributed by atoms with E-state index in [4.69, 9.17) is 0 Å². The Balaban J connectivity index is 2.36. The smallest absolute Gasteiger partial charge is 0.339 e. The Bertz CT molecular complexity index is 749. The summed E-state index contributed by atoms with van der Waals surface area (Å²) in [5.74, 6) is -1.15. The van der Waals surface area contributed by atoms with E-state index in [1.54, 1.807) is 18.2 Å². The van der Waals surface area contributed by atoms with Crippen LogP contribution in [0.4, 0.5) is 5.69 Å². The van der Waals surface area contributed by atoms with Crippen LogP contribution in [-0.4, -0.2) is 24.0 Å². The van der Waals surface area contributed by atoms with Gasteiger partial charge in [-0.25, -0.2) is 4.79 Å². The lowest BCUT2D eigenvalue weighted by molar-refractivity contribution is 0.0602. The van der Waals surface area contributed by atoms with Crippen LogP contribution in [-0.2, 0) is 4.74 Å². The van der Waals surface area contributed by atoms with Crippen molar-refractivity contribution in [2.24, 2.45) is 0 Å². The molecular formula is C15H14N2O4. The molecule has 1 aromatic carbocycles. The van der Waals surface area contributed by atoms with Crippen molar-refractivity contribution in [2.75, 3.05) is 12.4 Å². The van der Waals surface area contributed by atoms with Crippen LogP contribution >= 0.6 is 0 Å². The number of ether oxygens (including phenoxy) is 1. The number of anilines is 1. The fourth-order valence-corrected chi connectivity index (χ4v) is 1.83. The minimum atomic E-state index is -0.592. The minimum Gasteiger partial charge on any atom is -0.465 e. The Hall–Kier alpha value is -2.89. The largest absolute Gasteiger partial charge is 0.465 e. The van der Waals surface area contributed by atoms with Crippen LogP contribution < -0.4 is 10.7 Å². The summed E-state index contributed by atoms with van der Waals surface area (Å²) in [6.45, 7) is 1.82. The zero-order valence-electron chi connectivity index (χ0n) is 11.6. The summed E-state index contributed by atoms with van der Waals surface area (Å²) in [4.78, 5) is 38.1. The van der Waals surface area contributed by atoms with Crippen LogP contribution in [0.5, 0.6) is 0 Å². The number of aryl methyl sites for hydroxylation is 1. The van der Waals surface area contributed by atoms with E-state index in [2.05, 4.69) is 15.0 Å². The molecule has 0 spiro atoms. The van der Waals surface area contributed by atoms with Gasteiger partial charge in [0.25, 0.3) is 5.91 Å². The second-order valence-corrected chi connectivity index (χ2v) is 4.42. The molecule has 0 aliphatic carbocycles. The molecule has 2 aromatic rings. The van der Waals surface area contributed by atoms with Gasteiger partial charge in [0.2, 0.25) is 0 Å². The summed E-state index contributed by atoms with van der Waals surface area (Å²) in [5.41, 5.74) is 0.941. The normalized spacial score (nSPS) is 10.0. The highest BCUT2D eigenvalue weighted by atomic mass is 16.5. The topological polar surface area (TPSA) is 88.3 Å². The molecule has 0 aliphatic rings. The molecule has 0 unspecified atom stereocenters. The van der Waals surface area contributed by atoms with Crippen molar-refractivity contribution in [1.29, 1.82) is 0 Å². The number of methoxy groups -OCH3 is 1. The molecule has 1 heterocycles. The van der Waals surface area contributed by atoms with Gasteiger partial charge in [-0.2, -0.15) is 0 Å². The lowest BCUT2D eigenvalue weighted by Crippen LogP contribution is -2.22. The van der Waals surface area contributed by atoms with Gasteiger partial charge in [-0.1, -0.05) is 11.6 Å².